The molecule has 2 aromatic rings. The zero-order valence-corrected chi connectivity index (χ0v) is 11.2. The molecule has 0 bridgehead atoms. The highest BCUT2D eigenvalue weighted by Gasteiger charge is 2.36. The summed E-state index contributed by atoms with van der Waals surface area (Å²) in [7, 11) is 0. The molecule has 0 aliphatic rings. The van der Waals surface area contributed by atoms with Gasteiger partial charge in [-0.15, -0.1) is 11.3 Å². The van der Waals surface area contributed by atoms with Crippen molar-refractivity contribution in [2.45, 2.75) is 13.1 Å². The molecule has 0 saturated carbocycles. The summed E-state index contributed by atoms with van der Waals surface area (Å²) in [5.41, 5.74) is -0.806. The molecule has 106 valence electrons. The Labute approximate surface area is 118 Å². The largest absolute Gasteiger partial charge is 0.443 e. The van der Waals surface area contributed by atoms with Gasteiger partial charge >= 0.3 is 11.9 Å². The summed E-state index contributed by atoms with van der Waals surface area (Å²) >= 11 is 5.84. The molecule has 0 fully saturated rings. The number of thiazole rings is 1. The summed E-state index contributed by atoms with van der Waals surface area (Å²) in [4.78, 5) is 20.5. The zero-order chi connectivity index (χ0) is 15.1. The van der Waals surface area contributed by atoms with Gasteiger partial charge in [0.2, 0.25) is 5.28 Å². The van der Waals surface area contributed by atoms with Crippen LogP contribution in [0.4, 0.5) is 18.9 Å². The third-order valence-corrected chi connectivity index (χ3v) is 3.41. The highest BCUT2D eigenvalue weighted by molar-refractivity contribution is 7.15. The summed E-state index contributed by atoms with van der Waals surface area (Å²) in [5.74, 6) is 0. The maximum atomic E-state index is 12.5. The van der Waals surface area contributed by atoms with Gasteiger partial charge in [-0.05, 0) is 18.5 Å². The highest BCUT2D eigenvalue weighted by atomic mass is 35.5. The van der Waals surface area contributed by atoms with Gasteiger partial charge in [-0.3, -0.25) is 10.1 Å². The van der Waals surface area contributed by atoms with Crippen LogP contribution in [0.5, 0.6) is 0 Å². The summed E-state index contributed by atoms with van der Waals surface area (Å²) in [6.07, 6.45) is -3.75. The van der Waals surface area contributed by atoms with Crippen LogP contribution in [0.1, 0.15) is 10.7 Å². The molecule has 0 aliphatic heterocycles. The van der Waals surface area contributed by atoms with E-state index in [1.165, 1.54) is 6.92 Å². The molecule has 0 saturated heterocycles. The van der Waals surface area contributed by atoms with Crippen LogP contribution in [0.2, 0.25) is 5.28 Å². The van der Waals surface area contributed by atoms with Crippen molar-refractivity contribution in [1.29, 1.82) is 0 Å². The maximum Gasteiger partial charge on any atom is 0.443 e. The topological polar surface area (TPSA) is 81.8 Å². The minimum absolute atomic E-state index is 0.0352. The van der Waals surface area contributed by atoms with Crippen LogP contribution >= 0.6 is 22.9 Å². The first kappa shape index (κ1) is 14.6. The number of nitrogens with zero attached hydrogens (tertiary/aromatic N) is 4. The molecule has 0 aromatic carbocycles. The fraction of sp³-hybridized carbons (Fsp3) is 0.222. The van der Waals surface area contributed by atoms with Crippen LogP contribution < -0.4 is 0 Å². The van der Waals surface area contributed by atoms with Crippen molar-refractivity contribution in [1.82, 2.24) is 15.0 Å². The lowest BCUT2D eigenvalue weighted by Crippen LogP contribution is -2.03. The van der Waals surface area contributed by atoms with Gasteiger partial charge in [0, 0.05) is 6.20 Å². The quantitative estimate of drug-likeness (QED) is 0.480. The summed E-state index contributed by atoms with van der Waals surface area (Å²) < 4.78 is 37.5. The van der Waals surface area contributed by atoms with Crippen LogP contribution in [0.25, 0.3) is 10.6 Å². The van der Waals surface area contributed by atoms with Gasteiger partial charge in [0.25, 0.3) is 0 Å². The Morgan fingerprint density at radius 3 is 2.55 bits per heavy atom. The minimum Gasteiger partial charge on any atom is -0.258 e. The predicted molar refractivity (Wildman–Crippen MR) is 64.5 cm³/mol. The van der Waals surface area contributed by atoms with E-state index in [2.05, 4.69) is 15.0 Å². The number of nitro groups is 1. The van der Waals surface area contributed by atoms with E-state index in [4.69, 9.17) is 11.6 Å². The first-order chi connectivity index (χ1) is 9.20. The van der Waals surface area contributed by atoms with Crippen molar-refractivity contribution in [2.24, 2.45) is 0 Å². The zero-order valence-electron chi connectivity index (χ0n) is 9.60. The smallest absolute Gasteiger partial charge is 0.258 e. The lowest BCUT2D eigenvalue weighted by atomic mass is 10.2. The van der Waals surface area contributed by atoms with E-state index in [-0.39, 0.29) is 32.9 Å². The van der Waals surface area contributed by atoms with E-state index >= 15 is 0 Å². The summed E-state index contributed by atoms with van der Waals surface area (Å²) in [5, 5.41) is 9.57. The van der Waals surface area contributed by atoms with E-state index in [9.17, 15) is 23.3 Å². The third-order valence-electron chi connectivity index (χ3n) is 2.20. The monoisotopic (exact) mass is 324 g/mol. The van der Waals surface area contributed by atoms with Gasteiger partial charge in [0.1, 0.15) is 5.69 Å². The van der Waals surface area contributed by atoms with Crippen molar-refractivity contribution < 1.29 is 18.1 Å². The fourth-order valence-electron chi connectivity index (χ4n) is 1.44. The molecule has 6 nitrogen and oxygen atoms in total. The van der Waals surface area contributed by atoms with Gasteiger partial charge in [-0.25, -0.2) is 15.0 Å². The van der Waals surface area contributed by atoms with Crippen LogP contribution in [0, 0.1) is 17.0 Å². The van der Waals surface area contributed by atoms with E-state index < -0.39 is 21.8 Å². The average molecular weight is 325 g/mol. The Hall–Kier alpha value is -1.81. The van der Waals surface area contributed by atoms with E-state index in [1.807, 2.05) is 0 Å². The Kier molecular flexibility index (Phi) is 3.61. The van der Waals surface area contributed by atoms with Crippen LogP contribution in [-0.4, -0.2) is 19.9 Å². The second kappa shape index (κ2) is 4.94. The Bertz CT molecular complexity index is 688. The van der Waals surface area contributed by atoms with Crippen molar-refractivity contribution in [2.75, 3.05) is 0 Å². The Morgan fingerprint density at radius 2 is 2.05 bits per heavy atom. The number of alkyl halides is 3. The molecule has 0 N–H and O–H groups in total. The molecular formula is C9H4ClF3N4O2S. The average Bonchev–Trinajstić information content (AvgIpc) is 2.75. The molecule has 0 amide bonds. The van der Waals surface area contributed by atoms with E-state index in [1.54, 1.807) is 0 Å². The first-order valence-corrected chi connectivity index (χ1v) is 6.11. The lowest BCUT2D eigenvalue weighted by Gasteiger charge is -2.02. The minimum atomic E-state index is -4.62. The molecule has 0 atom stereocenters. The maximum absolute atomic E-state index is 12.5. The molecule has 0 aliphatic carbocycles. The van der Waals surface area contributed by atoms with Crippen molar-refractivity contribution >= 4 is 28.6 Å². The highest BCUT2D eigenvalue weighted by Crippen LogP contribution is 2.39. The second-order valence-electron chi connectivity index (χ2n) is 3.56. The second-order valence-corrected chi connectivity index (χ2v) is 4.93. The number of rotatable bonds is 2. The molecule has 2 heterocycles. The predicted octanol–water partition coefficient (Wildman–Crippen LogP) is 3.49. The SMILES string of the molecule is Cc1nc(Cl)nc(-c2cnc(C(F)(F)F)s2)c1[N+](=O)[O-]. The van der Waals surface area contributed by atoms with E-state index in [0.717, 1.165) is 6.20 Å². The van der Waals surface area contributed by atoms with Gasteiger partial charge in [-0.2, -0.15) is 13.2 Å². The number of aryl methyl sites for hydroxylation is 1. The van der Waals surface area contributed by atoms with Crippen molar-refractivity contribution in [3.8, 4) is 10.6 Å². The standard InChI is InChI=1S/C9H4ClF3N4O2S/c1-3-6(17(18)19)5(16-8(10)15-3)4-2-14-7(20-4)9(11,12)13/h2H,1H3. The fourth-order valence-corrected chi connectivity index (χ4v) is 2.42. The molecule has 2 rings (SSSR count). The lowest BCUT2D eigenvalue weighted by molar-refractivity contribution is -0.385. The molecule has 2 aromatic heterocycles. The van der Waals surface area contributed by atoms with Gasteiger partial charge in [0.15, 0.2) is 10.7 Å². The van der Waals surface area contributed by atoms with Crippen LogP contribution in [-0.2, 0) is 6.18 Å². The Morgan fingerprint density at radius 1 is 1.40 bits per heavy atom. The third kappa shape index (κ3) is 2.70. The number of aromatic nitrogens is 3. The molecule has 0 spiro atoms. The first-order valence-electron chi connectivity index (χ1n) is 4.92. The normalized spacial score (nSPS) is 11.7. The van der Waals surface area contributed by atoms with Gasteiger partial charge < -0.3 is 0 Å². The van der Waals surface area contributed by atoms with Gasteiger partial charge in [0.05, 0.1) is 9.80 Å². The van der Waals surface area contributed by atoms with Crippen LogP contribution in [0.3, 0.4) is 0 Å². The van der Waals surface area contributed by atoms with Crippen LogP contribution in [0.15, 0.2) is 6.20 Å². The molecule has 0 unspecified atom stereocenters. The summed E-state index contributed by atoms with van der Waals surface area (Å²) in [6, 6.07) is 0. The summed E-state index contributed by atoms with van der Waals surface area (Å²) in [6.45, 7) is 1.32. The Balaban J connectivity index is 2.63. The molecular weight excluding hydrogens is 321 g/mol. The van der Waals surface area contributed by atoms with Crippen molar-refractivity contribution in [3.63, 3.8) is 0 Å². The number of halogens is 4. The van der Waals surface area contributed by atoms with E-state index in [0.29, 0.717) is 0 Å². The molecule has 11 heteroatoms. The van der Waals surface area contributed by atoms with Crippen molar-refractivity contribution in [3.05, 3.63) is 32.3 Å². The molecule has 0 radical (unpaired) electrons. The number of hydrogen-bond acceptors (Lipinski definition) is 6. The van der Waals surface area contributed by atoms with Gasteiger partial charge in [-0.1, -0.05) is 0 Å². The molecule has 20 heavy (non-hydrogen) atoms. The number of hydrogen-bond donors (Lipinski definition) is 0.